The van der Waals surface area contributed by atoms with Gasteiger partial charge in [0.05, 0.1) is 6.61 Å². The standard InChI is InChI=1S/C20H35N5O2/c1-5-8-25-18-7-6-16(23(3)13-14-27-4)15-17(18)19(21-25)20(26)24-11-9-22(2)10-12-24/h16H,5-15H2,1-4H3. The summed E-state index contributed by atoms with van der Waals surface area (Å²) < 4.78 is 7.34. The number of fused-ring (bicyclic) bond motifs is 1. The first-order valence-electron chi connectivity index (χ1n) is 10.3. The summed E-state index contributed by atoms with van der Waals surface area (Å²) in [5.74, 6) is 0.120. The molecule has 2 aliphatic rings. The van der Waals surface area contributed by atoms with E-state index in [1.165, 1.54) is 11.3 Å². The molecule has 1 amide bonds. The average Bonchev–Trinajstić information content (AvgIpc) is 3.04. The number of piperazine rings is 1. The van der Waals surface area contributed by atoms with Gasteiger partial charge in [-0.3, -0.25) is 9.48 Å². The molecule has 7 nitrogen and oxygen atoms in total. The highest BCUT2D eigenvalue weighted by Gasteiger charge is 2.32. The number of aryl methyl sites for hydroxylation is 1. The fourth-order valence-corrected chi connectivity index (χ4v) is 4.19. The Kier molecular flexibility index (Phi) is 6.89. The van der Waals surface area contributed by atoms with Crippen LogP contribution < -0.4 is 0 Å². The minimum atomic E-state index is 0.120. The molecule has 27 heavy (non-hydrogen) atoms. The number of aromatic nitrogens is 2. The van der Waals surface area contributed by atoms with Crippen LogP contribution in [0, 0.1) is 0 Å². The van der Waals surface area contributed by atoms with E-state index in [0.29, 0.717) is 11.7 Å². The lowest BCUT2D eigenvalue weighted by atomic mass is 9.90. The van der Waals surface area contributed by atoms with Gasteiger partial charge in [0.25, 0.3) is 5.91 Å². The van der Waals surface area contributed by atoms with Crippen LogP contribution in [0.2, 0.25) is 0 Å². The summed E-state index contributed by atoms with van der Waals surface area (Å²) in [4.78, 5) is 19.9. The zero-order valence-corrected chi connectivity index (χ0v) is 17.4. The topological polar surface area (TPSA) is 53.8 Å². The Hall–Kier alpha value is -1.44. The Morgan fingerprint density at radius 3 is 2.70 bits per heavy atom. The van der Waals surface area contributed by atoms with E-state index in [0.717, 1.165) is 71.6 Å². The summed E-state index contributed by atoms with van der Waals surface area (Å²) in [6.07, 6.45) is 4.06. The average molecular weight is 378 g/mol. The van der Waals surface area contributed by atoms with Gasteiger partial charge in [-0.1, -0.05) is 6.92 Å². The van der Waals surface area contributed by atoms with Crippen LogP contribution in [-0.2, 0) is 24.1 Å². The zero-order chi connectivity index (χ0) is 19.4. The van der Waals surface area contributed by atoms with Crippen molar-refractivity contribution in [2.75, 3.05) is 60.5 Å². The van der Waals surface area contributed by atoms with Gasteiger partial charge in [-0.25, -0.2) is 0 Å². The fourth-order valence-electron chi connectivity index (χ4n) is 4.19. The first kappa shape index (κ1) is 20.3. The summed E-state index contributed by atoms with van der Waals surface area (Å²) in [5, 5.41) is 4.80. The third-order valence-corrected chi connectivity index (χ3v) is 6.02. The minimum Gasteiger partial charge on any atom is -0.383 e. The highest BCUT2D eigenvalue weighted by Crippen LogP contribution is 2.28. The molecule has 1 aliphatic heterocycles. The molecule has 0 aromatic carbocycles. The number of amides is 1. The van der Waals surface area contributed by atoms with Crippen molar-refractivity contribution in [1.82, 2.24) is 24.5 Å². The Balaban J connectivity index is 1.81. The number of likely N-dealkylation sites (N-methyl/N-ethyl adjacent to an activating group) is 2. The summed E-state index contributed by atoms with van der Waals surface area (Å²) in [6.45, 7) is 8.17. The van der Waals surface area contributed by atoms with Crippen molar-refractivity contribution in [2.24, 2.45) is 0 Å². The van der Waals surface area contributed by atoms with Gasteiger partial charge in [0, 0.05) is 63.7 Å². The number of ether oxygens (including phenoxy) is 1. The molecule has 1 atom stereocenters. The van der Waals surface area contributed by atoms with E-state index >= 15 is 0 Å². The Labute approximate surface area is 163 Å². The van der Waals surface area contributed by atoms with E-state index in [-0.39, 0.29) is 5.91 Å². The Morgan fingerprint density at radius 1 is 1.30 bits per heavy atom. The molecule has 0 radical (unpaired) electrons. The molecule has 1 unspecified atom stereocenters. The Morgan fingerprint density at radius 2 is 2.04 bits per heavy atom. The lowest BCUT2D eigenvalue weighted by molar-refractivity contribution is 0.0655. The molecule has 152 valence electrons. The van der Waals surface area contributed by atoms with Gasteiger partial charge in [0.2, 0.25) is 0 Å². The van der Waals surface area contributed by atoms with Crippen molar-refractivity contribution in [3.63, 3.8) is 0 Å². The van der Waals surface area contributed by atoms with Gasteiger partial charge in [-0.05, 0) is 39.8 Å². The van der Waals surface area contributed by atoms with Crippen LogP contribution in [0.4, 0.5) is 0 Å². The predicted octanol–water partition coefficient (Wildman–Crippen LogP) is 1.12. The van der Waals surface area contributed by atoms with Gasteiger partial charge >= 0.3 is 0 Å². The Bertz CT molecular complexity index is 637. The van der Waals surface area contributed by atoms with Crippen LogP contribution in [-0.4, -0.2) is 97.0 Å². The normalized spacial score (nSPS) is 20.9. The number of rotatable bonds is 7. The van der Waals surface area contributed by atoms with E-state index in [1.54, 1.807) is 7.11 Å². The smallest absolute Gasteiger partial charge is 0.274 e. The van der Waals surface area contributed by atoms with E-state index in [9.17, 15) is 4.79 Å². The van der Waals surface area contributed by atoms with Crippen molar-refractivity contribution >= 4 is 5.91 Å². The molecular weight excluding hydrogens is 342 g/mol. The molecule has 0 bridgehead atoms. The van der Waals surface area contributed by atoms with Crippen molar-refractivity contribution in [3.05, 3.63) is 17.0 Å². The van der Waals surface area contributed by atoms with Crippen LogP contribution in [0.25, 0.3) is 0 Å². The van der Waals surface area contributed by atoms with Crippen LogP contribution in [0.3, 0.4) is 0 Å². The monoisotopic (exact) mass is 377 g/mol. The molecule has 1 aromatic rings. The zero-order valence-electron chi connectivity index (χ0n) is 17.4. The van der Waals surface area contributed by atoms with Crippen LogP contribution in [0.1, 0.15) is 41.5 Å². The van der Waals surface area contributed by atoms with Gasteiger partial charge in [-0.15, -0.1) is 0 Å². The van der Waals surface area contributed by atoms with Crippen molar-refractivity contribution < 1.29 is 9.53 Å². The number of methoxy groups -OCH3 is 1. The van der Waals surface area contributed by atoms with E-state index in [2.05, 4.69) is 35.5 Å². The molecule has 1 fully saturated rings. The number of hydrogen-bond donors (Lipinski definition) is 0. The molecule has 7 heteroatoms. The molecule has 0 N–H and O–H groups in total. The van der Waals surface area contributed by atoms with Crippen molar-refractivity contribution in [2.45, 2.75) is 45.2 Å². The van der Waals surface area contributed by atoms with E-state index < -0.39 is 0 Å². The largest absolute Gasteiger partial charge is 0.383 e. The molecule has 1 aliphatic carbocycles. The lowest BCUT2D eigenvalue weighted by Crippen LogP contribution is -2.47. The van der Waals surface area contributed by atoms with Crippen LogP contribution in [0.5, 0.6) is 0 Å². The highest BCUT2D eigenvalue weighted by molar-refractivity contribution is 5.94. The maximum Gasteiger partial charge on any atom is 0.274 e. The summed E-state index contributed by atoms with van der Waals surface area (Å²) in [7, 11) is 6.02. The van der Waals surface area contributed by atoms with Gasteiger partial charge in [0.1, 0.15) is 0 Å². The summed E-state index contributed by atoms with van der Waals surface area (Å²) >= 11 is 0. The van der Waals surface area contributed by atoms with Crippen molar-refractivity contribution in [3.8, 4) is 0 Å². The SMILES string of the molecule is CCCn1nc(C(=O)N2CCN(C)CC2)c2c1CCC(N(C)CCOC)C2. The molecule has 1 saturated heterocycles. The number of hydrogen-bond acceptors (Lipinski definition) is 5. The third kappa shape index (κ3) is 4.52. The second-order valence-electron chi connectivity index (χ2n) is 7.96. The predicted molar refractivity (Wildman–Crippen MR) is 106 cm³/mol. The number of carbonyl (C=O) groups excluding carboxylic acids is 1. The number of nitrogens with zero attached hydrogens (tertiary/aromatic N) is 5. The quantitative estimate of drug-likeness (QED) is 0.713. The summed E-state index contributed by atoms with van der Waals surface area (Å²) in [6, 6.07) is 0.450. The van der Waals surface area contributed by atoms with Gasteiger partial charge < -0.3 is 19.4 Å². The second kappa shape index (κ2) is 9.17. The third-order valence-electron chi connectivity index (χ3n) is 6.02. The van der Waals surface area contributed by atoms with Crippen LogP contribution >= 0.6 is 0 Å². The maximum atomic E-state index is 13.2. The minimum absolute atomic E-state index is 0.120. The second-order valence-corrected chi connectivity index (χ2v) is 7.96. The maximum absolute atomic E-state index is 13.2. The fraction of sp³-hybridized carbons (Fsp3) is 0.800. The van der Waals surface area contributed by atoms with Gasteiger partial charge in [-0.2, -0.15) is 5.10 Å². The molecular formula is C20H35N5O2. The number of carbonyl (C=O) groups is 1. The molecule has 2 heterocycles. The first-order valence-corrected chi connectivity index (χ1v) is 10.3. The van der Waals surface area contributed by atoms with E-state index in [1.807, 2.05) is 4.90 Å². The molecule has 3 rings (SSSR count). The van der Waals surface area contributed by atoms with Crippen molar-refractivity contribution in [1.29, 1.82) is 0 Å². The van der Waals surface area contributed by atoms with Gasteiger partial charge in [0.15, 0.2) is 5.69 Å². The lowest BCUT2D eigenvalue weighted by Gasteiger charge is -2.33. The molecule has 0 saturated carbocycles. The molecule has 1 aromatic heterocycles. The summed E-state index contributed by atoms with van der Waals surface area (Å²) in [5.41, 5.74) is 3.17. The van der Waals surface area contributed by atoms with E-state index in [4.69, 9.17) is 9.84 Å². The first-order chi connectivity index (χ1) is 13.0. The molecule has 0 spiro atoms. The van der Waals surface area contributed by atoms with Crippen LogP contribution in [0.15, 0.2) is 0 Å². The highest BCUT2D eigenvalue weighted by atomic mass is 16.5.